The fourth-order valence-corrected chi connectivity index (χ4v) is 4.40. The Hall–Kier alpha value is -2.85. The minimum atomic E-state index is -3.87. The van der Waals surface area contributed by atoms with E-state index < -0.39 is 32.4 Å². The van der Waals surface area contributed by atoms with E-state index in [-0.39, 0.29) is 18.8 Å². The standard InChI is InChI=1S/C22H26FN3O5S/c1-13(2)19-10-14(7-8-24-19)17-6-5-15(9-18(17)23)20-11-16(31-26-20)12-22(3,21(27)25-28)32(4,29)30/h5-10,13,16,28H,11-12H2,1-4H3,(H,25,27)/t16-,22-/m1/s1. The highest BCUT2D eigenvalue weighted by Crippen LogP contribution is 2.31. The van der Waals surface area contributed by atoms with Crippen molar-refractivity contribution in [3.05, 3.63) is 53.6 Å². The number of halogens is 1. The van der Waals surface area contributed by atoms with E-state index in [0.717, 1.165) is 11.9 Å². The first-order valence-electron chi connectivity index (χ1n) is 10.1. The molecule has 0 bridgehead atoms. The first-order valence-corrected chi connectivity index (χ1v) is 12.0. The van der Waals surface area contributed by atoms with Gasteiger partial charge in [0.05, 0.1) is 5.71 Å². The van der Waals surface area contributed by atoms with Crippen LogP contribution in [-0.4, -0.2) is 47.3 Å². The Morgan fingerprint density at radius 2 is 2.03 bits per heavy atom. The van der Waals surface area contributed by atoms with E-state index in [9.17, 15) is 17.6 Å². The number of sulfone groups is 1. The zero-order valence-electron chi connectivity index (χ0n) is 18.3. The number of aromatic nitrogens is 1. The predicted octanol–water partition coefficient (Wildman–Crippen LogP) is 3.20. The van der Waals surface area contributed by atoms with Gasteiger partial charge >= 0.3 is 0 Å². The topological polar surface area (TPSA) is 118 Å². The van der Waals surface area contributed by atoms with Crippen molar-refractivity contribution in [2.45, 2.75) is 50.4 Å². The number of amides is 1. The Morgan fingerprint density at radius 1 is 1.31 bits per heavy atom. The van der Waals surface area contributed by atoms with Crippen LogP contribution in [0.25, 0.3) is 11.1 Å². The summed E-state index contributed by atoms with van der Waals surface area (Å²) in [5, 5.41) is 12.9. The van der Waals surface area contributed by atoms with Crippen LogP contribution in [-0.2, 0) is 19.5 Å². The van der Waals surface area contributed by atoms with Crippen molar-refractivity contribution < 1.29 is 27.6 Å². The van der Waals surface area contributed by atoms with Crippen LogP contribution in [0, 0.1) is 5.82 Å². The minimum Gasteiger partial charge on any atom is -0.392 e. The number of carbonyl (C=O) groups is 1. The summed E-state index contributed by atoms with van der Waals surface area (Å²) in [6.07, 6.45) is 1.81. The summed E-state index contributed by atoms with van der Waals surface area (Å²) in [5.41, 5.74) is 4.36. The number of benzene rings is 1. The third-order valence-corrected chi connectivity index (χ3v) is 7.73. The maximum atomic E-state index is 14.9. The average molecular weight is 464 g/mol. The third-order valence-electron chi connectivity index (χ3n) is 5.74. The molecule has 0 fully saturated rings. The predicted molar refractivity (Wildman–Crippen MR) is 118 cm³/mol. The van der Waals surface area contributed by atoms with E-state index in [1.54, 1.807) is 24.4 Å². The van der Waals surface area contributed by atoms with Gasteiger partial charge in [-0.15, -0.1) is 0 Å². The fourth-order valence-electron chi connectivity index (χ4n) is 3.53. The fraction of sp³-hybridized carbons (Fsp3) is 0.409. The van der Waals surface area contributed by atoms with Crippen LogP contribution in [0.2, 0.25) is 0 Å². The molecule has 2 heterocycles. The van der Waals surface area contributed by atoms with Crippen LogP contribution in [0.4, 0.5) is 4.39 Å². The van der Waals surface area contributed by atoms with Crippen molar-refractivity contribution in [3.63, 3.8) is 0 Å². The van der Waals surface area contributed by atoms with Gasteiger partial charge in [0, 0.05) is 42.1 Å². The van der Waals surface area contributed by atoms with Crippen LogP contribution in [0.15, 0.2) is 41.7 Å². The molecule has 2 N–H and O–H groups in total. The van der Waals surface area contributed by atoms with Gasteiger partial charge in [-0.2, -0.15) is 0 Å². The Labute approximate surface area is 186 Å². The van der Waals surface area contributed by atoms with Crippen molar-refractivity contribution in [1.82, 2.24) is 10.5 Å². The SMILES string of the molecule is CC(C)c1cc(-c2ccc(C3=NO[C@@H](C[C@](C)(C(=O)NO)S(C)(=O)=O)C3)cc2F)ccn1. The number of hydroxylamine groups is 1. The van der Waals surface area contributed by atoms with E-state index in [1.807, 2.05) is 19.9 Å². The number of hydrogen-bond donors (Lipinski definition) is 2. The van der Waals surface area contributed by atoms with Gasteiger partial charge in [-0.1, -0.05) is 31.1 Å². The molecular weight excluding hydrogens is 437 g/mol. The number of oxime groups is 1. The Bertz CT molecular complexity index is 1170. The van der Waals surface area contributed by atoms with Crippen LogP contribution in [0.5, 0.6) is 0 Å². The lowest BCUT2D eigenvalue weighted by atomic mass is 9.95. The van der Waals surface area contributed by atoms with Crippen molar-refractivity contribution in [2.24, 2.45) is 5.16 Å². The number of hydrogen-bond acceptors (Lipinski definition) is 7. The Balaban J connectivity index is 1.79. The molecule has 1 amide bonds. The van der Waals surface area contributed by atoms with E-state index in [2.05, 4.69) is 10.1 Å². The minimum absolute atomic E-state index is 0.190. The van der Waals surface area contributed by atoms with Gasteiger partial charge in [0.2, 0.25) is 0 Å². The third kappa shape index (κ3) is 4.66. The summed E-state index contributed by atoms with van der Waals surface area (Å²) < 4.78 is 37.3. The zero-order chi connectivity index (χ0) is 23.7. The van der Waals surface area contributed by atoms with Crippen LogP contribution in [0.1, 0.15) is 50.8 Å². The second-order valence-corrected chi connectivity index (χ2v) is 10.9. The van der Waals surface area contributed by atoms with Gasteiger partial charge in [-0.3, -0.25) is 15.0 Å². The van der Waals surface area contributed by atoms with Gasteiger partial charge < -0.3 is 4.84 Å². The van der Waals surface area contributed by atoms with Crippen molar-refractivity contribution in [1.29, 1.82) is 0 Å². The highest BCUT2D eigenvalue weighted by molar-refractivity contribution is 7.92. The average Bonchev–Trinajstić information content (AvgIpc) is 3.20. The first-order chi connectivity index (χ1) is 15.0. The lowest BCUT2D eigenvalue weighted by Gasteiger charge is -2.26. The van der Waals surface area contributed by atoms with Crippen molar-refractivity contribution in [2.75, 3.05) is 6.26 Å². The molecule has 0 saturated heterocycles. The molecule has 0 radical (unpaired) electrons. The molecule has 10 heteroatoms. The van der Waals surface area contributed by atoms with Gasteiger partial charge in [0.25, 0.3) is 5.91 Å². The van der Waals surface area contributed by atoms with E-state index in [1.165, 1.54) is 18.5 Å². The first kappa shape index (κ1) is 23.8. The van der Waals surface area contributed by atoms with Crippen molar-refractivity contribution in [3.8, 4) is 11.1 Å². The molecular formula is C22H26FN3O5S. The van der Waals surface area contributed by atoms with Crippen LogP contribution >= 0.6 is 0 Å². The number of carbonyl (C=O) groups excluding carboxylic acids is 1. The smallest absolute Gasteiger partial charge is 0.264 e. The zero-order valence-corrected chi connectivity index (χ0v) is 19.1. The number of nitrogens with one attached hydrogen (secondary N) is 1. The van der Waals surface area contributed by atoms with Crippen LogP contribution < -0.4 is 5.48 Å². The molecule has 0 spiro atoms. The molecule has 0 saturated carbocycles. The van der Waals surface area contributed by atoms with Gasteiger partial charge in [-0.05, 0) is 36.6 Å². The highest BCUT2D eigenvalue weighted by atomic mass is 32.2. The summed E-state index contributed by atoms with van der Waals surface area (Å²) >= 11 is 0. The normalized spacial score (nSPS) is 18.1. The maximum Gasteiger partial charge on any atom is 0.264 e. The van der Waals surface area contributed by atoms with E-state index >= 15 is 0 Å². The molecule has 172 valence electrons. The number of rotatable bonds is 7. The molecule has 1 aromatic carbocycles. The lowest BCUT2D eigenvalue weighted by Crippen LogP contribution is -2.51. The molecule has 0 unspecified atom stereocenters. The van der Waals surface area contributed by atoms with Crippen molar-refractivity contribution >= 4 is 21.5 Å². The molecule has 3 rings (SSSR count). The van der Waals surface area contributed by atoms with Gasteiger partial charge in [0.15, 0.2) is 14.6 Å². The summed E-state index contributed by atoms with van der Waals surface area (Å²) in [6, 6.07) is 8.32. The number of pyridine rings is 1. The van der Waals surface area contributed by atoms with E-state index in [4.69, 9.17) is 10.0 Å². The largest absolute Gasteiger partial charge is 0.392 e. The monoisotopic (exact) mass is 463 g/mol. The molecule has 32 heavy (non-hydrogen) atoms. The van der Waals surface area contributed by atoms with Crippen LogP contribution in [0.3, 0.4) is 0 Å². The summed E-state index contributed by atoms with van der Waals surface area (Å²) in [7, 11) is -3.87. The molecule has 0 aliphatic carbocycles. The molecule has 2 atom stereocenters. The molecule has 1 aliphatic heterocycles. The maximum absolute atomic E-state index is 14.9. The molecule has 2 aromatic rings. The van der Waals surface area contributed by atoms with Gasteiger partial charge in [-0.25, -0.2) is 18.3 Å². The second kappa shape index (κ2) is 8.95. The molecule has 8 nitrogen and oxygen atoms in total. The quantitative estimate of drug-likeness (QED) is 0.481. The molecule has 1 aromatic heterocycles. The number of nitrogens with zero attached hydrogens (tertiary/aromatic N) is 2. The summed E-state index contributed by atoms with van der Waals surface area (Å²) in [6.45, 7) is 5.24. The Kier molecular flexibility index (Phi) is 6.66. The molecule has 1 aliphatic rings. The van der Waals surface area contributed by atoms with Gasteiger partial charge in [0.1, 0.15) is 11.9 Å². The highest BCUT2D eigenvalue weighted by Gasteiger charge is 2.47. The summed E-state index contributed by atoms with van der Waals surface area (Å²) in [4.78, 5) is 21.7. The Morgan fingerprint density at radius 3 is 2.62 bits per heavy atom. The lowest BCUT2D eigenvalue weighted by molar-refractivity contribution is -0.132. The van der Waals surface area contributed by atoms with E-state index in [0.29, 0.717) is 22.4 Å². The summed E-state index contributed by atoms with van der Waals surface area (Å²) in [5.74, 6) is -1.27. The second-order valence-electron chi connectivity index (χ2n) is 8.44.